The first-order valence-corrected chi connectivity index (χ1v) is 11.5. The number of carbonyl (C=O) groups excluding carboxylic acids is 1. The van der Waals surface area contributed by atoms with E-state index in [0.29, 0.717) is 31.9 Å². The largest absolute Gasteiger partial charge is 0.331 e. The molecule has 3 aromatic heterocycles. The molecule has 5 rings (SSSR count). The molecule has 2 aromatic carbocycles. The lowest BCUT2D eigenvalue weighted by Gasteiger charge is -2.08. The van der Waals surface area contributed by atoms with E-state index >= 15 is 0 Å². The van der Waals surface area contributed by atoms with Crippen LogP contribution in [0.1, 0.15) is 15.2 Å². The summed E-state index contributed by atoms with van der Waals surface area (Å²) in [6.45, 7) is 0. The lowest BCUT2D eigenvalue weighted by atomic mass is 10.0. The van der Waals surface area contributed by atoms with Crippen molar-refractivity contribution >= 4 is 56.8 Å². The van der Waals surface area contributed by atoms with Gasteiger partial charge in [-0.05, 0) is 36.4 Å². The van der Waals surface area contributed by atoms with Crippen molar-refractivity contribution in [2.24, 2.45) is 5.10 Å². The van der Waals surface area contributed by atoms with Gasteiger partial charge in [-0.15, -0.1) is 0 Å². The number of hydrogen-bond donors (Lipinski definition) is 2. The van der Waals surface area contributed by atoms with Crippen LogP contribution in [0.25, 0.3) is 22.2 Å². The number of rotatable bonds is 6. The summed E-state index contributed by atoms with van der Waals surface area (Å²) in [6, 6.07) is 22.6. The molecule has 0 atom stereocenters. The molecule has 0 fully saturated rings. The molecule has 0 bridgehead atoms. The average molecular weight is 485 g/mol. The van der Waals surface area contributed by atoms with Crippen LogP contribution in [0.5, 0.6) is 0 Å². The number of fused-ring (bicyclic) bond motifs is 1. The third-order valence-corrected chi connectivity index (χ3v) is 6.23. The van der Waals surface area contributed by atoms with Gasteiger partial charge in [0.1, 0.15) is 0 Å². The molecule has 2 N–H and O–H groups in total. The van der Waals surface area contributed by atoms with Gasteiger partial charge in [-0.25, -0.2) is 15.4 Å². The highest BCUT2D eigenvalue weighted by molar-refractivity contribution is 7.17. The summed E-state index contributed by atoms with van der Waals surface area (Å²) in [5.41, 5.74) is 6.23. The molecular formula is C25H17ClN6OS. The number of anilines is 2. The lowest BCUT2D eigenvalue weighted by molar-refractivity contribution is 0.0956. The number of hydrazone groups is 1. The van der Waals surface area contributed by atoms with Crippen molar-refractivity contribution in [3.05, 3.63) is 101 Å². The van der Waals surface area contributed by atoms with E-state index in [2.05, 4.69) is 30.8 Å². The number of thiazole rings is 1. The van der Waals surface area contributed by atoms with Gasteiger partial charge in [-0.2, -0.15) is 5.10 Å². The van der Waals surface area contributed by atoms with Crippen molar-refractivity contribution < 1.29 is 4.79 Å². The Bertz CT molecular complexity index is 1490. The summed E-state index contributed by atoms with van der Waals surface area (Å²) in [6.07, 6.45) is 4.87. The van der Waals surface area contributed by atoms with Gasteiger partial charge in [-0.3, -0.25) is 9.78 Å². The number of hydrogen-bond acceptors (Lipinski definition) is 7. The minimum absolute atomic E-state index is 0.302. The highest BCUT2D eigenvalue weighted by Crippen LogP contribution is 2.28. The molecule has 7 nitrogen and oxygen atoms in total. The Morgan fingerprint density at radius 3 is 2.56 bits per heavy atom. The van der Waals surface area contributed by atoms with Crippen molar-refractivity contribution in [2.45, 2.75) is 0 Å². The first-order valence-electron chi connectivity index (χ1n) is 10.3. The minimum Gasteiger partial charge on any atom is -0.331 e. The van der Waals surface area contributed by atoms with E-state index in [0.717, 1.165) is 16.6 Å². The second-order valence-electron chi connectivity index (χ2n) is 7.17. The predicted octanol–water partition coefficient (Wildman–Crippen LogP) is 5.91. The molecule has 166 valence electrons. The fourth-order valence-corrected chi connectivity index (χ4v) is 4.38. The van der Waals surface area contributed by atoms with E-state index in [1.807, 2.05) is 66.7 Å². The minimum atomic E-state index is -0.353. The van der Waals surface area contributed by atoms with Crippen LogP contribution < -0.4 is 10.7 Å². The van der Waals surface area contributed by atoms with Gasteiger partial charge < -0.3 is 5.32 Å². The molecule has 0 radical (unpaired) electrons. The Kier molecular flexibility index (Phi) is 6.24. The van der Waals surface area contributed by atoms with Crippen molar-refractivity contribution in [1.29, 1.82) is 0 Å². The van der Waals surface area contributed by atoms with E-state index in [4.69, 9.17) is 11.6 Å². The zero-order chi connectivity index (χ0) is 23.3. The summed E-state index contributed by atoms with van der Waals surface area (Å²) < 4.78 is 0. The molecule has 0 unspecified atom stereocenters. The second-order valence-corrected chi connectivity index (χ2v) is 8.56. The Labute approximate surface area is 204 Å². The van der Waals surface area contributed by atoms with Crippen molar-refractivity contribution in [3.8, 4) is 11.3 Å². The standard InChI is InChI=1S/C25H17ClN6OS/c26-23-22(34-25(31-23)29-17-6-2-1-3-7-17)15-28-32-24(33)19-14-21(16-10-12-27-13-11-16)30-20-9-5-4-8-18(19)20/h1-15H,(H,29,31)(H,32,33)/b28-15-. The van der Waals surface area contributed by atoms with Gasteiger partial charge in [-0.1, -0.05) is 59.3 Å². The maximum absolute atomic E-state index is 13.0. The molecule has 34 heavy (non-hydrogen) atoms. The van der Waals surface area contributed by atoms with Crippen LogP contribution in [-0.4, -0.2) is 27.1 Å². The Hall–Kier alpha value is -4.14. The normalized spacial score (nSPS) is 11.1. The molecule has 1 amide bonds. The van der Waals surface area contributed by atoms with Gasteiger partial charge in [0, 0.05) is 29.0 Å². The SMILES string of the molecule is O=C(N/N=C\c1sc(Nc2ccccc2)nc1Cl)c1cc(-c2ccncc2)nc2ccccc12. The predicted molar refractivity (Wildman–Crippen MR) is 137 cm³/mol. The summed E-state index contributed by atoms with van der Waals surface area (Å²) in [4.78, 5) is 26.7. The molecule has 0 saturated heterocycles. The average Bonchev–Trinajstić information content (AvgIpc) is 3.22. The number of amides is 1. The van der Waals surface area contributed by atoms with Crippen LogP contribution in [0.4, 0.5) is 10.8 Å². The first kappa shape index (κ1) is 21.7. The number of pyridine rings is 2. The fraction of sp³-hybridized carbons (Fsp3) is 0. The number of nitrogens with one attached hydrogen (secondary N) is 2. The first-order chi connectivity index (χ1) is 16.7. The summed E-state index contributed by atoms with van der Waals surface area (Å²) >= 11 is 7.59. The number of nitrogens with zero attached hydrogens (tertiary/aromatic N) is 4. The molecular weight excluding hydrogens is 468 g/mol. The number of benzene rings is 2. The van der Waals surface area contributed by atoms with Crippen LogP contribution in [0.3, 0.4) is 0 Å². The van der Waals surface area contributed by atoms with Gasteiger partial charge in [0.25, 0.3) is 5.91 Å². The maximum atomic E-state index is 13.0. The van der Waals surface area contributed by atoms with Crippen molar-refractivity contribution in [1.82, 2.24) is 20.4 Å². The fourth-order valence-electron chi connectivity index (χ4n) is 3.33. The third-order valence-electron chi connectivity index (χ3n) is 4.92. The Balaban J connectivity index is 1.37. The number of halogens is 1. The maximum Gasteiger partial charge on any atom is 0.272 e. The smallest absolute Gasteiger partial charge is 0.272 e. The van der Waals surface area contributed by atoms with E-state index in [1.54, 1.807) is 18.5 Å². The number of para-hydroxylation sites is 2. The van der Waals surface area contributed by atoms with Crippen LogP contribution in [0, 0.1) is 0 Å². The second kappa shape index (κ2) is 9.78. The molecule has 0 spiro atoms. The molecule has 0 aliphatic carbocycles. The van der Waals surface area contributed by atoms with Gasteiger partial charge in [0.15, 0.2) is 10.3 Å². The molecule has 5 aromatic rings. The molecule has 0 aliphatic rings. The Morgan fingerprint density at radius 1 is 0.971 bits per heavy atom. The van der Waals surface area contributed by atoms with Crippen LogP contribution in [-0.2, 0) is 0 Å². The molecule has 3 heterocycles. The molecule has 0 saturated carbocycles. The van der Waals surface area contributed by atoms with E-state index < -0.39 is 0 Å². The highest BCUT2D eigenvalue weighted by atomic mass is 35.5. The third kappa shape index (κ3) is 4.78. The van der Waals surface area contributed by atoms with Gasteiger partial charge >= 0.3 is 0 Å². The van der Waals surface area contributed by atoms with E-state index in [1.165, 1.54) is 17.6 Å². The van der Waals surface area contributed by atoms with Gasteiger partial charge in [0.2, 0.25) is 0 Å². The topological polar surface area (TPSA) is 92.2 Å². The Morgan fingerprint density at radius 2 is 1.74 bits per heavy atom. The lowest BCUT2D eigenvalue weighted by Crippen LogP contribution is -2.18. The van der Waals surface area contributed by atoms with Crippen LogP contribution in [0.15, 0.2) is 90.3 Å². The zero-order valence-electron chi connectivity index (χ0n) is 17.6. The van der Waals surface area contributed by atoms with Crippen molar-refractivity contribution in [2.75, 3.05) is 5.32 Å². The monoisotopic (exact) mass is 484 g/mol. The number of aromatic nitrogens is 3. The van der Waals surface area contributed by atoms with Crippen LogP contribution >= 0.6 is 22.9 Å². The molecule has 0 aliphatic heterocycles. The quantitative estimate of drug-likeness (QED) is 0.231. The summed E-state index contributed by atoms with van der Waals surface area (Å²) in [7, 11) is 0. The highest BCUT2D eigenvalue weighted by Gasteiger charge is 2.14. The van der Waals surface area contributed by atoms with E-state index in [9.17, 15) is 4.79 Å². The summed E-state index contributed by atoms with van der Waals surface area (Å²) in [5, 5.41) is 8.97. The van der Waals surface area contributed by atoms with Crippen molar-refractivity contribution in [3.63, 3.8) is 0 Å². The summed E-state index contributed by atoms with van der Waals surface area (Å²) in [5.74, 6) is -0.353. The zero-order valence-corrected chi connectivity index (χ0v) is 19.2. The van der Waals surface area contributed by atoms with Crippen LogP contribution in [0.2, 0.25) is 5.15 Å². The van der Waals surface area contributed by atoms with Gasteiger partial charge in [0.05, 0.1) is 27.9 Å². The molecule has 9 heteroatoms. The number of carbonyl (C=O) groups is 1. The van der Waals surface area contributed by atoms with E-state index in [-0.39, 0.29) is 5.91 Å².